The number of carbonyl (C=O) groups excluding carboxylic acids is 2. The van der Waals surface area contributed by atoms with Crippen LogP contribution in [0.5, 0.6) is 0 Å². The molecule has 0 saturated carbocycles. The van der Waals surface area contributed by atoms with E-state index in [1.165, 1.54) is 7.11 Å². The third kappa shape index (κ3) is 2.62. The van der Waals surface area contributed by atoms with Crippen molar-refractivity contribution in [2.75, 3.05) is 13.7 Å². The number of carbonyl (C=O) groups is 2. The van der Waals surface area contributed by atoms with Crippen LogP contribution in [0, 0.1) is 13.8 Å². The molecule has 0 N–H and O–H groups in total. The van der Waals surface area contributed by atoms with Gasteiger partial charge in [-0.2, -0.15) is 0 Å². The summed E-state index contributed by atoms with van der Waals surface area (Å²) in [7, 11) is 1.36. The number of ether oxygens (including phenoxy) is 1. The average Bonchev–Trinajstić information content (AvgIpc) is 2.86. The molecule has 0 aliphatic carbocycles. The minimum absolute atomic E-state index is 0.0783. The Morgan fingerprint density at radius 3 is 2.68 bits per heavy atom. The van der Waals surface area contributed by atoms with E-state index in [1.807, 2.05) is 32.0 Å². The lowest BCUT2D eigenvalue weighted by Gasteiger charge is -2.23. The Bertz CT molecular complexity index is 510. The van der Waals surface area contributed by atoms with E-state index in [0.717, 1.165) is 17.5 Å². The van der Waals surface area contributed by atoms with E-state index >= 15 is 0 Å². The van der Waals surface area contributed by atoms with Crippen LogP contribution in [0.25, 0.3) is 0 Å². The Hall–Kier alpha value is -1.84. The average molecular weight is 261 g/mol. The van der Waals surface area contributed by atoms with Gasteiger partial charge in [-0.3, -0.25) is 4.79 Å². The highest BCUT2D eigenvalue weighted by Crippen LogP contribution is 2.22. The molecule has 1 atom stereocenters. The number of aryl methyl sites for hydroxylation is 2. The summed E-state index contributed by atoms with van der Waals surface area (Å²) in [4.78, 5) is 25.8. The van der Waals surface area contributed by atoms with Gasteiger partial charge in [-0.25, -0.2) is 4.79 Å². The summed E-state index contributed by atoms with van der Waals surface area (Å²) in [6.45, 7) is 4.53. The summed E-state index contributed by atoms with van der Waals surface area (Å²) in [6.07, 6.45) is 1.53. The van der Waals surface area contributed by atoms with Crippen molar-refractivity contribution in [1.29, 1.82) is 0 Å². The zero-order chi connectivity index (χ0) is 14.0. The fraction of sp³-hybridized carbons (Fsp3) is 0.467. The van der Waals surface area contributed by atoms with Crippen molar-refractivity contribution < 1.29 is 14.3 Å². The highest BCUT2D eigenvalue weighted by molar-refractivity contribution is 5.98. The number of amides is 1. The minimum Gasteiger partial charge on any atom is -0.467 e. The van der Waals surface area contributed by atoms with Gasteiger partial charge in [0.15, 0.2) is 0 Å². The summed E-state index contributed by atoms with van der Waals surface area (Å²) in [6, 6.07) is 5.30. The molecule has 1 saturated heterocycles. The topological polar surface area (TPSA) is 46.6 Å². The number of rotatable bonds is 2. The van der Waals surface area contributed by atoms with Gasteiger partial charge in [-0.15, -0.1) is 0 Å². The predicted molar refractivity (Wildman–Crippen MR) is 72.0 cm³/mol. The van der Waals surface area contributed by atoms with E-state index < -0.39 is 6.04 Å². The maximum atomic E-state index is 12.5. The van der Waals surface area contributed by atoms with Gasteiger partial charge in [0, 0.05) is 12.1 Å². The maximum Gasteiger partial charge on any atom is 0.328 e. The van der Waals surface area contributed by atoms with Crippen LogP contribution in [-0.4, -0.2) is 36.5 Å². The fourth-order valence-corrected chi connectivity index (χ4v) is 2.60. The van der Waals surface area contributed by atoms with Crippen LogP contribution < -0.4 is 0 Å². The molecule has 1 amide bonds. The molecule has 1 heterocycles. The molecule has 0 radical (unpaired) electrons. The van der Waals surface area contributed by atoms with Crippen molar-refractivity contribution in [3.8, 4) is 0 Å². The van der Waals surface area contributed by atoms with Crippen molar-refractivity contribution >= 4 is 11.9 Å². The van der Waals surface area contributed by atoms with E-state index in [0.29, 0.717) is 18.5 Å². The van der Waals surface area contributed by atoms with Gasteiger partial charge >= 0.3 is 5.97 Å². The van der Waals surface area contributed by atoms with E-state index in [-0.39, 0.29) is 11.9 Å². The Balaban J connectivity index is 2.25. The smallest absolute Gasteiger partial charge is 0.328 e. The molecule has 4 heteroatoms. The van der Waals surface area contributed by atoms with E-state index in [4.69, 9.17) is 4.74 Å². The first-order chi connectivity index (χ1) is 9.04. The molecule has 0 bridgehead atoms. The van der Waals surface area contributed by atoms with Crippen molar-refractivity contribution in [1.82, 2.24) is 4.90 Å². The van der Waals surface area contributed by atoms with Gasteiger partial charge < -0.3 is 9.64 Å². The van der Waals surface area contributed by atoms with Crippen LogP contribution >= 0.6 is 0 Å². The van der Waals surface area contributed by atoms with Crippen molar-refractivity contribution in [3.05, 3.63) is 34.9 Å². The molecule has 2 rings (SSSR count). The molecule has 1 aromatic rings. The van der Waals surface area contributed by atoms with Gasteiger partial charge in [0.1, 0.15) is 6.04 Å². The largest absolute Gasteiger partial charge is 0.467 e. The molecular weight excluding hydrogens is 242 g/mol. The predicted octanol–water partition coefficient (Wildman–Crippen LogP) is 2.08. The number of nitrogens with zero attached hydrogens (tertiary/aromatic N) is 1. The van der Waals surface area contributed by atoms with Gasteiger partial charge in [0.2, 0.25) is 0 Å². The maximum absolute atomic E-state index is 12.5. The zero-order valence-corrected chi connectivity index (χ0v) is 11.6. The molecule has 0 aromatic heterocycles. The van der Waals surface area contributed by atoms with Gasteiger partial charge in [-0.1, -0.05) is 17.7 Å². The molecule has 1 aliphatic heterocycles. The standard InChI is InChI=1S/C15H19NO3/c1-10-6-7-12(11(2)9-10)14(17)16-8-4-5-13(16)15(18)19-3/h6-7,9,13H,4-5,8H2,1-3H3. The summed E-state index contributed by atoms with van der Waals surface area (Å²) >= 11 is 0. The number of hydrogen-bond donors (Lipinski definition) is 0. The molecule has 1 fully saturated rings. The number of methoxy groups -OCH3 is 1. The molecule has 1 aliphatic rings. The SMILES string of the molecule is COC(=O)C1CCCN1C(=O)c1ccc(C)cc1C. The zero-order valence-electron chi connectivity index (χ0n) is 11.6. The van der Waals surface area contributed by atoms with Crippen LogP contribution in [0.3, 0.4) is 0 Å². The number of likely N-dealkylation sites (tertiary alicyclic amines) is 1. The van der Waals surface area contributed by atoms with Gasteiger partial charge in [0.05, 0.1) is 7.11 Å². The number of benzene rings is 1. The summed E-state index contributed by atoms with van der Waals surface area (Å²) in [5.74, 6) is -0.402. The van der Waals surface area contributed by atoms with Crippen LogP contribution in [-0.2, 0) is 9.53 Å². The molecule has 102 valence electrons. The van der Waals surface area contributed by atoms with E-state index in [1.54, 1.807) is 4.90 Å². The lowest BCUT2D eigenvalue weighted by molar-refractivity contribution is -0.145. The first kappa shape index (κ1) is 13.6. The third-order valence-electron chi connectivity index (χ3n) is 3.60. The van der Waals surface area contributed by atoms with E-state index in [2.05, 4.69) is 0 Å². The molecule has 0 spiro atoms. The normalized spacial score (nSPS) is 18.5. The minimum atomic E-state index is -0.432. The molecule has 1 unspecified atom stereocenters. The molecular formula is C15H19NO3. The third-order valence-corrected chi connectivity index (χ3v) is 3.60. The molecule has 1 aromatic carbocycles. The second-order valence-corrected chi connectivity index (χ2v) is 5.00. The lowest BCUT2D eigenvalue weighted by atomic mass is 10.0. The summed E-state index contributed by atoms with van der Waals surface area (Å²) in [5.41, 5.74) is 2.74. The number of esters is 1. The van der Waals surface area contributed by atoms with Crippen molar-refractivity contribution in [3.63, 3.8) is 0 Å². The Labute approximate surface area is 113 Å². The fourth-order valence-electron chi connectivity index (χ4n) is 2.60. The lowest BCUT2D eigenvalue weighted by Crippen LogP contribution is -2.41. The van der Waals surface area contributed by atoms with Gasteiger partial charge in [-0.05, 0) is 38.3 Å². The second kappa shape index (κ2) is 5.43. The van der Waals surface area contributed by atoms with Crippen LogP contribution in [0.4, 0.5) is 0 Å². The van der Waals surface area contributed by atoms with Gasteiger partial charge in [0.25, 0.3) is 5.91 Å². The summed E-state index contributed by atoms with van der Waals surface area (Å²) < 4.78 is 4.77. The van der Waals surface area contributed by atoms with Crippen molar-refractivity contribution in [2.45, 2.75) is 32.7 Å². The Morgan fingerprint density at radius 1 is 1.32 bits per heavy atom. The first-order valence-corrected chi connectivity index (χ1v) is 6.50. The van der Waals surface area contributed by atoms with Crippen LogP contribution in [0.15, 0.2) is 18.2 Å². The first-order valence-electron chi connectivity index (χ1n) is 6.50. The Kier molecular flexibility index (Phi) is 3.88. The highest BCUT2D eigenvalue weighted by atomic mass is 16.5. The van der Waals surface area contributed by atoms with Crippen molar-refractivity contribution in [2.24, 2.45) is 0 Å². The number of hydrogen-bond acceptors (Lipinski definition) is 3. The van der Waals surface area contributed by atoms with Crippen LogP contribution in [0.1, 0.15) is 34.3 Å². The second-order valence-electron chi connectivity index (χ2n) is 5.00. The highest BCUT2D eigenvalue weighted by Gasteiger charge is 2.35. The van der Waals surface area contributed by atoms with Crippen LogP contribution in [0.2, 0.25) is 0 Å². The molecule has 4 nitrogen and oxygen atoms in total. The monoisotopic (exact) mass is 261 g/mol. The quantitative estimate of drug-likeness (QED) is 0.766. The molecule has 19 heavy (non-hydrogen) atoms. The Morgan fingerprint density at radius 2 is 2.05 bits per heavy atom. The van der Waals surface area contributed by atoms with E-state index in [9.17, 15) is 9.59 Å². The summed E-state index contributed by atoms with van der Waals surface area (Å²) in [5, 5.41) is 0.